The third-order valence-electron chi connectivity index (χ3n) is 15.7. The number of Topliss-reactive ketones (excluding diaryl/α,β-unsaturated/α-hetero) is 3. The Hall–Kier alpha value is -3.90. The van der Waals surface area contributed by atoms with Crippen molar-refractivity contribution in [2.24, 2.45) is 40.9 Å². The molecule has 4 rings (SSSR count). The summed E-state index contributed by atoms with van der Waals surface area (Å²) in [5.41, 5.74) is 0.145. The maximum atomic E-state index is 14.5. The number of amides is 1. The van der Waals surface area contributed by atoms with Crippen molar-refractivity contribution in [3.8, 4) is 0 Å². The zero-order chi connectivity index (χ0) is 53.7. The van der Waals surface area contributed by atoms with Gasteiger partial charge >= 0.3 is 11.9 Å². The van der Waals surface area contributed by atoms with Crippen molar-refractivity contribution in [2.75, 3.05) is 34.5 Å². The van der Waals surface area contributed by atoms with Crippen molar-refractivity contribution in [1.82, 2.24) is 4.90 Å². The van der Waals surface area contributed by atoms with Crippen LogP contribution in [0, 0.1) is 40.9 Å². The molecule has 0 aromatic rings. The Bertz CT molecular complexity index is 1990. The fourth-order valence-electron chi connectivity index (χ4n) is 10.6. The van der Waals surface area contributed by atoms with Gasteiger partial charge in [0.25, 0.3) is 11.7 Å². The molecular weight excluding hydrogens is 927 g/mol. The summed E-state index contributed by atoms with van der Waals surface area (Å²) in [7, 11) is 4.48. The van der Waals surface area contributed by atoms with Crippen molar-refractivity contribution >= 4 is 35.2 Å². The number of fused-ring (bicyclic) bond motifs is 3. The number of allylic oxidation sites excluding steroid dienone is 6. The molecule has 4 aliphatic rings. The number of carbonyl (C=O) groups excluding carboxylic acids is 6. The van der Waals surface area contributed by atoms with E-state index in [-0.39, 0.29) is 49.4 Å². The highest BCUT2D eigenvalue weighted by atomic mass is 16.6. The van der Waals surface area contributed by atoms with Crippen LogP contribution in [0.25, 0.3) is 0 Å². The molecule has 0 spiro atoms. The van der Waals surface area contributed by atoms with Gasteiger partial charge in [-0.3, -0.25) is 24.0 Å². The molecule has 15 atom stereocenters. The van der Waals surface area contributed by atoms with E-state index < -0.39 is 107 Å². The lowest BCUT2D eigenvalue weighted by atomic mass is 9.78. The molecule has 16 nitrogen and oxygen atoms in total. The Balaban J connectivity index is 1.70. The normalized spacial score (nSPS) is 37.8. The van der Waals surface area contributed by atoms with Gasteiger partial charge in [-0.05, 0) is 121 Å². The second-order valence-electron chi connectivity index (χ2n) is 22.0. The van der Waals surface area contributed by atoms with Gasteiger partial charge in [0, 0.05) is 58.5 Å². The van der Waals surface area contributed by atoms with Crippen LogP contribution in [-0.4, -0.2) is 144 Å². The maximum absolute atomic E-state index is 14.5. The average Bonchev–Trinajstić information content (AvgIpc) is 3.35. The second kappa shape index (κ2) is 27.6. The van der Waals surface area contributed by atoms with Gasteiger partial charge in [0.2, 0.25) is 5.79 Å². The number of aliphatic hydroxyl groups is 3. The molecule has 3 fully saturated rings. The molecule has 2 saturated heterocycles. The topological polar surface area (TPSA) is 222 Å². The molecule has 3 aliphatic heterocycles. The van der Waals surface area contributed by atoms with Crippen LogP contribution in [0.3, 0.4) is 0 Å². The van der Waals surface area contributed by atoms with Crippen LogP contribution in [0.4, 0.5) is 0 Å². The van der Waals surface area contributed by atoms with E-state index in [1.165, 1.54) is 12.0 Å². The molecule has 1 aliphatic carbocycles. The number of aliphatic hydroxyl groups excluding tert-OH is 2. The summed E-state index contributed by atoms with van der Waals surface area (Å²) in [6.45, 7) is 15.5. The van der Waals surface area contributed by atoms with Crippen molar-refractivity contribution in [2.45, 2.75) is 194 Å². The molecule has 0 aromatic heterocycles. The quantitative estimate of drug-likeness (QED) is 0.124. The SMILES string of the molecule is CO[C@H]1C[C@@H]2CC[C@@H](C)[C@@](O)(O2)C(=O)C(=O)N2CCCCC2C(=O)O[C@H]([C@H](C)C[C@@H]2CC[C@@H](OC(=O)C(C)(C)CO)[C@H](OC)C2)CC(=O)[C@H](C)/C=C(\C)[C@@H](O)[C@@H](OC)C(=O)[C@H](C)C[C@H](C)/C=C/C=C/C=C/1C. The molecule has 1 saturated carbocycles. The van der Waals surface area contributed by atoms with Gasteiger partial charge in [0.1, 0.15) is 36.2 Å². The molecule has 3 heterocycles. The number of cyclic esters (lactones) is 1. The maximum Gasteiger partial charge on any atom is 0.329 e. The predicted octanol–water partition coefficient (Wildman–Crippen LogP) is 6.75. The molecule has 2 bridgehead atoms. The van der Waals surface area contributed by atoms with Crippen LogP contribution in [0.5, 0.6) is 0 Å². The number of carbonyl (C=O) groups is 6. The number of nitrogens with zero attached hydrogens (tertiary/aromatic N) is 1. The first-order valence-corrected chi connectivity index (χ1v) is 26.2. The van der Waals surface area contributed by atoms with E-state index in [9.17, 15) is 44.1 Å². The lowest BCUT2D eigenvalue weighted by molar-refractivity contribution is -0.265. The first kappa shape index (κ1) is 60.7. The highest BCUT2D eigenvalue weighted by Gasteiger charge is 2.53. The molecule has 406 valence electrons. The van der Waals surface area contributed by atoms with E-state index in [2.05, 4.69) is 0 Å². The summed E-state index contributed by atoms with van der Waals surface area (Å²) in [6, 6.07) is -1.18. The van der Waals surface area contributed by atoms with Gasteiger partial charge < -0.3 is 48.6 Å². The minimum atomic E-state index is -2.46. The van der Waals surface area contributed by atoms with Crippen molar-refractivity contribution in [3.05, 3.63) is 47.6 Å². The van der Waals surface area contributed by atoms with Crippen LogP contribution in [-0.2, 0) is 57.2 Å². The van der Waals surface area contributed by atoms with E-state index in [0.29, 0.717) is 69.8 Å². The van der Waals surface area contributed by atoms with E-state index in [1.807, 2.05) is 51.2 Å². The van der Waals surface area contributed by atoms with Crippen molar-refractivity contribution < 1.29 is 72.5 Å². The Labute approximate surface area is 428 Å². The van der Waals surface area contributed by atoms with Crippen LogP contribution in [0.2, 0.25) is 0 Å². The summed E-state index contributed by atoms with van der Waals surface area (Å²) in [5.74, 6) is -8.94. The summed E-state index contributed by atoms with van der Waals surface area (Å²) in [4.78, 5) is 85.3. The molecule has 1 unspecified atom stereocenters. The molecule has 0 aromatic carbocycles. The second-order valence-corrected chi connectivity index (χ2v) is 22.0. The number of ether oxygens (including phenoxy) is 6. The van der Waals surface area contributed by atoms with E-state index in [4.69, 9.17) is 28.4 Å². The third kappa shape index (κ3) is 15.8. The van der Waals surface area contributed by atoms with E-state index in [0.717, 1.165) is 5.57 Å². The van der Waals surface area contributed by atoms with Crippen molar-refractivity contribution in [3.63, 3.8) is 0 Å². The minimum absolute atomic E-state index is 0.000821. The first-order valence-electron chi connectivity index (χ1n) is 26.2. The number of methoxy groups -OCH3 is 3. The molecule has 16 heteroatoms. The predicted molar refractivity (Wildman–Crippen MR) is 270 cm³/mol. The summed E-state index contributed by atoms with van der Waals surface area (Å²) in [6.07, 6.45) is 10.4. The highest BCUT2D eigenvalue weighted by molar-refractivity contribution is 6.39. The Morgan fingerprint density at radius 2 is 1.58 bits per heavy atom. The first-order chi connectivity index (χ1) is 33.9. The number of esters is 2. The van der Waals surface area contributed by atoms with Gasteiger partial charge in [-0.25, -0.2) is 4.79 Å². The molecular formula is C56H87NO15. The summed E-state index contributed by atoms with van der Waals surface area (Å²) >= 11 is 0. The fraction of sp³-hybridized carbons (Fsp3) is 0.750. The smallest absolute Gasteiger partial charge is 0.329 e. The van der Waals surface area contributed by atoms with Gasteiger partial charge in [-0.2, -0.15) is 0 Å². The summed E-state index contributed by atoms with van der Waals surface area (Å²) < 4.78 is 35.6. The number of piperidine rings is 1. The zero-order valence-electron chi connectivity index (χ0n) is 45.1. The third-order valence-corrected chi connectivity index (χ3v) is 15.7. The van der Waals surface area contributed by atoms with Crippen LogP contribution < -0.4 is 0 Å². The number of hydrogen-bond donors (Lipinski definition) is 3. The minimum Gasteiger partial charge on any atom is -0.460 e. The monoisotopic (exact) mass is 1010 g/mol. The highest BCUT2D eigenvalue weighted by Crippen LogP contribution is 2.38. The van der Waals surface area contributed by atoms with Gasteiger partial charge in [-0.15, -0.1) is 0 Å². The number of ketones is 3. The van der Waals surface area contributed by atoms with E-state index >= 15 is 0 Å². The Morgan fingerprint density at radius 1 is 0.875 bits per heavy atom. The van der Waals surface area contributed by atoms with E-state index in [1.54, 1.807) is 61.8 Å². The molecule has 3 N–H and O–H groups in total. The molecule has 72 heavy (non-hydrogen) atoms. The van der Waals surface area contributed by atoms with Gasteiger partial charge in [0.05, 0.1) is 30.3 Å². The average molecular weight is 1010 g/mol. The van der Waals surface area contributed by atoms with Crippen molar-refractivity contribution in [1.29, 1.82) is 0 Å². The van der Waals surface area contributed by atoms with Gasteiger partial charge in [0.15, 0.2) is 5.78 Å². The zero-order valence-corrected chi connectivity index (χ0v) is 45.1. The Morgan fingerprint density at radius 3 is 2.24 bits per heavy atom. The van der Waals surface area contributed by atoms with Gasteiger partial charge in [-0.1, -0.05) is 71.1 Å². The van der Waals surface area contributed by atoms with Crippen LogP contribution in [0.15, 0.2) is 47.6 Å². The standard InChI is InChI=1S/C56H87NO15/c1-33-18-14-13-15-19-34(2)45(67-10)30-41-23-21-39(7)56(66,72-41)51(62)52(63)57-25-17-16-20-42(57)53(64)70-46(31-43(59)35(3)27-38(6)49(61)50(69-12)48(60)37(5)26-33)36(4)28-40-22-24-44(47(29-40)68-11)71-54(65)55(8,9)32-58/h13-15,18-19,27,33,35-37,39-42,44-47,49-50,58,61,66H,16-17,20-26,28-32H2,1-12H3/b15-13+,18-14+,34-19+,38-27+/t33-,35-,36-,37-,39-,40+,41+,42?,44-,45+,46+,47-,49-,50+,56-/m1/s1. The molecule has 1 amide bonds. The fourth-order valence-corrected chi connectivity index (χ4v) is 10.6. The lowest BCUT2D eigenvalue weighted by Crippen LogP contribution is -2.61. The number of rotatable bonds is 9. The Kier molecular flexibility index (Phi) is 23.2. The molecule has 0 radical (unpaired) electrons. The number of hydrogen-bond acceptors (Lipinski definition) is 15. The largest absolute Gasteiger partial charge is 0.460 e. The van der Waals surface area contributed by atoms with Crippen LogP contribution in [0.1, 0.15) is 139 Å². The summed E-state index contributed by atoms with van der Waals surface area (Å²) in [5, 5.41) is 33.3. The van der Waals surface area contributed by atoms with Crippen LogP contribution >= 0.6 is 0 Å². The lowest BCUT2D eigenvalue weighted by Gasteiger charge is -2.42.